The predicted octanol–water partition coefficient (Wildman–Crippen LogP) is 5.54. The van der Waals surface area contributed by atoms with Crippen molar-refractivity contribution in [3.63, 3.8) is 0 Å². The van der Waals surface area contributed by atoms with Gasteiger partial charge in [-0.1, -0.05) is 36.9 Å². The molecule has 1 aromatic heterocycles. The normalized spacial score (nSPS) is 22.0. The summed E-state index contributed by atoms with van der Waals surface area (Å²) < 4.78 is 17.4. The van der Waals surface area contributed by atoms with Crippen molar-refractivity contribution in [3.05, 3.63) is 88.8 Å². The number of hydrogen-bond donors (Lipinski definition) is 1. The molecule has 5 rings (SSSR count). The highest BCUT2D eigenvalue weighted by atomic mass is 16.5. The van der Waals surface area contributed by atoms with Crippen LogP contribution in [0, 0.1) is 12.8 Å². The number of pyridine rings is 1. The van der Waals surface area contributed by atoms with E-state index >= 15 is 0 Å². The highest BCUT2D eigenvalue weighted by Crippen LogP contribution is 2.32. The largest absolute Gasteiger partial charge is 0.493 e. The van der Waals surface area contributed by atoms with Crippen molar-refractivity contribution in [1.82, 2.24) is 9.88 Å². The SMILES string of the molecule is C=C/C=C\C(=C(/C)OCc1cc(C)c2c(c1)CCN(C1CCOCC1)C2)c1cccc(N2CCC(C(=O)O)C2COC)n1. The van der Waals surface area contributed by atoms with Crippen LogP contribution in [0.1, 0.15) is 54.1 Å². The van der Waals surface area contributed by atoms with Gasteiger partial charge in [0, 0.05) is 51.6 Å². The fourth-order valence-electron chi connectivity index (χ4n) is 6.76. The molecule has 0 radical (unpaired) electrons. The van der Waals surface area contributed by atoms with Crippen LogP contribution in [0.2, 0.25) is 0 Å². The van der Waals surface area contributed by atoms with Crippen molar-refractivity contribution in [2.45, 2.75) is 64.8 Å². The van der Waals surface area contributed by atoms with E-state index in [-0.39, 0.29) is 6.04 Å². The number of aryl methyl sites for hydroxylation is 1. The van der Waals surface area contributed by atoms with E-state index < -0.39 is 11.9 Å². The zero-order chi connectivity index (χ0) is 30.3. The van der Waals surface area contributed by atoms with Crippen LogP contribution in [0.3, 0.4) is 0 Å². The molecule has 43 heavy (non-hydrogen) atoms. The lowest BCUT2D eigenvalue weighted by Gasteiger charge is -2.38. The first-order chi connectivity index (χ1) is 20.9. The maximum atomic E-state index is 11.9. The van der Waals surface area contributed by atoms with Gasteiger partial charge in [-0.05, 0) is 80.0 Å². The Labute approximate surface area is 255 Å². The molecule has 4 heterocycles. The van der Waals surface area contributed by atoms with Crippen molar-refractivity contribution < 1.29 is 24.1 Å². The van der Waals surface area contributed by atoms with Crippen LogP contribution in [-0.4, -0.2) is 73.1 Å². The average molecular weight is 588 g/mol. The second kappa shape index (κ2) is 14.3. The summed E-state index contributed by atoms with van der Waals surface area (Å²) in [7, 11) is 1.60. The van der Waals surface area contributed by atoms with Crippen LogP contribution in [0.25, 0.3) is 5.57 Å². The number of aliphatic carboxylic acids is 1. The second-order valence-electron chi connectivity index (χ2n) is 11.8. The number of allylic oxidation sites excluding steroid dienone is 5. The molecule has 2 aromatic rings. The third-order valence-corrected chi connectivity index (χ3v) is 9.10. The Morgan fingerprint density at radius 3 is 2.77 bits per heavy atom. The highest BCUT2D eigenvalue weighted by molar-refractivity contribution is 5.75. The molecule has 2 fully saturated rings. The summed E-state index contributed by atoms with van der Waals surface area (Å²) in [4.78, 5) is 21.5. The zero-order valence-corrected chi connectivity index (χ0v) is 25.8. The van der Waals surface area contributed by atoms with Crippen LogP contribution in [0.4, 0.5) is 5.82 Å². The number of carboxylic acids is 1. The lowest BCUT2D eigenvalue weighted by molar-refractivity contribution is -0.142. The Hall–Kier alpha value is -3.46. The van der Waals surface area contributed by atoms with Gasteiger partial charge in [-0.3, -0.25) is 9.69 Å². The monoisotopic (exact) mass is 587 g/mol. The van der Waals surface area contributed by atoms with Gasteiger partial charge in [0.15, 0.2) is 0 Å². The van der Waals surface area contributed by atoms with Crippen LogP contribution in [-0.2, 0) is 38.6 Å². The van der Waals surface area contributed by atoms with Gasteiger partial charge in [0.2, 0.25) is 0 Å². The molecule has 0 amide bonds. The molecule has 2 atom stereocenters. The predicted molar refractivity (Wildman–Crippen MR) is 169 cm³/mol. The maximum Gasteiger partial charge on any atom is 0.308 e. The molecule has 1 N–H and O–H groups in total. The number of benzene rings is 1. The van der Waals surface area contributed by atoms with Crippen molar-refractivity contribution in [2.75, 3.05) is 44.9 Å². The van der Waals surface area contributed by atoms with E-state index in [2.05, 4.69) is 35.4 Å². The Morgan fingerprint density at radius 1 is 1.21 bits per heavy atom. The summed E-state index contributed by atoms with van der Waals surface area (Å²) in [6.45, 7) is 13.3. The van der Waals surface area contributed by atoms with E-state index in [1.807, 2.05) is 37.3 Å². The minimum atomic E-state index is -0.798. The van der Waals surface area contributed by atoms with Crippen molar-refractivity contribution in [3.8, 4) is 0 Å². The lowest BCUT2D eigenvalue weighted by Crippen LogP contribution is -2.42. The summed E-state index contributed by atoms with van der Waals surface area (Å²) in [6, 6.07) is 10.8. The van der Waals surface area contributed by atoms with E-state index in [0.717, 1.165) is 68.4 Å². The number of carboxylic acid groups (broad SMARTS) is 1. The van der Waals surface area contributed by atoms with Gasteiger partial charge in [0.1, 0.15) is 18.2 Å². The molecular weight excluding hydrogens is 542 g/mol. The number of nitrogens with zero attached hydrogens (tertiary/aromatic N) is 3. The van der Waals surface area contributed by atoms with Gasteiger partial charge in [0.05, 0.1) is 24.3 Å². The molecule has 0 saturated carbocycles. The first kappa shape index (κ1) is 31.0. The van der Waals surface area contributed by atoms with Crippen molar-refractivity contribution in [1.29, 1.82) is 0 Å². The summed E-state index contributed by atoms with van der Waals surface area (Å²) in [5, 5.41) is 9.74. The Morgan fingerprint density at radius 2 is 2.02 bits per heavy atom. The number of methoxy groups -OCH3 is 1. The highest BCUT2D eigenvalue weighted by Gasteiger charge is 2.39. The Kier molecular flexibility index (Phi) is 10.3. The summed E-state index contributed by atoms with van der Waals surface area (Å²) in [6.07, 6.45) is 9.46. The number of rotatable bonds is 11. The Bertz CT molecular complexity index is 1360. The standard InChI is InChI=1S/C35H45N3O5/c1-5-6-8-29(32-9-7-10-34(36-32)38-16-12-30(35(39)40)33(38)23-41-4)25(3)43-22-26-19-24(2)31-21-37(15-11-27(31)20-26)28-13-17-42-18-14-28/h5-10,19-20,28,30,33H,1,11-18,21-23H2,2-4H3,(H,39,40)/b8-6-,29-25-. The molecule has 8 nitrogen and oxygen atoms in total. The van der Waals surface area contributed by atoms with Gasteiger partial charge in [-0.15, -0.1) is 0 Å². The fraction of sp³-hybridized carbons (Fsp3) is 0.486. The molecule has 0 bridgehead atoms. The second-order valence-corrected chi connectivity index (χ2v) is 11.8. The molecule has 8 heteroatoms. The molecule has 1 aromatic carbocycles. The van der Waals surface area contributed by atoms with Gasteiger partial charge in [-0.2, -0.15) is 0 Å². The van der Waals surface area contributed by atoms with Gasteiger partial charge in [-0.25, -0.2) is 4.98 Å². The number of carbonyl (C=O) groups is 1. The van der Waals surface area contributed by atoms with E-state index in [1.54, 1.807) is 13.2 Å². The molecule has 3 aliphatic heterocycles. The molecular formula is C35H45N3O5. The smallest absolute Gasteiger partial charge is 0.308 e. The van der Waals surface area contributed by atoms with E-state index in [0.29, 0.717) is 32.2 Å². The van der Waals surface area contributed by atoms with Crippen molar-refractivity contribution >= 4 is 17.4 Å². The number of aromatic nitrogens is 1. The molecule has 230 valence electrons. The molecule has 2 saturated heterocycles. The first-order valence-corrected chi connectivity index (χ1v) is 15.4. The topological polar surface area (TPSA) is 84.4 Å². The molecule has 0 spiro atoms. The third kappa shape index (κ3) is 7.20. The molecule has 2 unspecified atom stereocenters. The maximum absolute atomic E-state index is 11.9. The molecule has 3 aliphatic rings. The molecule has 0 aliphatic carbocycles. The minimum Gasteiger partial charge on any atom is -0.493 e. The van der Waals surface area contributed by atoms with Crippen LogP contribution in [0.5, 0.6) is 0 Å². The first-order valence-electron chi connectivity index (χ1n) is 15.4. The number of fused-ring (bicyclic) bond motifs is 1. The third-order valence-electron chi connectivity index (χ3n) is 9.10. The summed E-state index contributed by atoms with van der Waals surface area (Å²) in [5.41, 5.74) is 7.01. The lowest BCUT2D eigenvalue weighted by atomic mass is 9.91. The van der Waals surface area contributed by atoms with Crippen LogP contribution in [0.15, 0.2) is 60.9 Å². The van der Waals surface area contributed by atoms with Gasteiger partial charge in [0.25, 0.3) is 0 Å². The summed E-state index contributed by atoms with van der Waals surface area (Å²) >= 11 is 0. The van der Waals surface area contributed by atoms with Gasteiger partial charge < -0.3 is 24.2 Å². The number of anilines is 1. The van der Waals surface area contributed by atoms with E-state index in [9.17, 15) is 9.90 Å². The Balaban J connectivity index is 1.33. The van der Waals surface area contributed by atoms with Crippen molar-refractivity contribution in [2.24, 2.45) is 5.92 Å². The minimum absolute atomic E-state index is 0.269. The summed E-state index contributed by atoms with van der Waals surface area (Å²) in [5.74, 6) is 0.215. The van der Waals surface area contributed by atoms with E-state index in [1.165, 1.54) is 22.3 Å². The number of hydrogen-bond acceptors (Lipinski definition) is 7. The quantitative estimate of drug-likeness (QED) is 0.271. The zero-order valence-electron chi connectivity index (χ0n) is 25.8. The van der Waals surface area contributed by atoms with Crippen LogP contribution < -0.4 is 4.90 Å². The number of ether oxygens (including phenoxy) is 3. The van der Waals surface area contributed by atoms with Gasteiger partial charge >= 0.3 is 5.97 Å². The van der Waals surface area contributed by atoms with Crippen LogP contribution >= 0.6 is 0 Å². The average Bonchev–Trinajstić information content (AvgIpc) is 3.45. The fourth-order valence-corrected chi connectivity index (χ4v) is 6.76. The van der Waals surface area contributed by atoms with E-state index in [4.69, 9.17) is 19.2 Å².